The van der Waals surface area contributed by atoms with Gasteiger partial charge in [0.05, 0.1) is 19.3 Å². The Hall–Kier alpha value is -3.41. The average molecular weight is 430 g/mol. The van der Waals surface area contributed by atoms with Crippen molar-refractivity contribution < 1.29 is 19.0 Å². The topological polar surface area (TPSA) is 56.8 Å². The molecule has 1 amide bonds. The molecule has 5 nitrogen and oxygen atoms in total. The molecule has 0 saturated heterocycles. The fourth-order valence-electron chi connectivity index (χ4n) is 3.57. The lowest BCUT2D eigenvalue weighted by atomic mass is 10.1. The monoisotopic (exact) mass is 429 g/mol. The Morgan fingerprint density at radius 3 is 1.72 bits per heavy atom. The zero-order valence-corrected chi connectivity index (χ0v) is 17.8. The minimum absolute atomic E-state index is 0.215. The fourth-order valence-corrected chi connectivity index (χ4v) is 3.57. The lowest BCUT2D eigenvalue weighted by Crippen LogP contribution is -2.45. The molecule has 3 aromatic carbocycles. The molecule has 0 radical (unpaired) electrons. The summed E-state index contributed by atoms with van der Waals surface area (Å²) in [6.45, 7) is 1.11. The van der Waals surface area contributed by atoms with E-state index in [1.807, 2.05) is 103 Å². The van der Waals surface area contributed by atoms with E-state index in [2.05, 4.69) is 5.32 Å². The summed E-state index contributed by atoms with van der Waals surface area (Å²) in [4.78, 5) is 12.4. The maximum Gasteiger partial charge on any atom is 0.408 e. The van der Waals surface area contributed by atoms with Gasteiger partial charge >= 0.3 is 6.09 Å². The first kappa shape index (κ1) is 21.8. The molecule has 0 heterocycles. The number of rotatable bonds is 9. The van der Waals surface area contributed by atoms with E-state index in [4.69, 9.17) is 14.2 Å². The van der Waals surface area contributed by atoms with E-state index in [1.165, 1.54) is 0 Å². The average Bonchev–Trinajstić information content (AvgIpc) is 3.23. The molecule has 1 aliphatic rings. The molecule has 32 heavy (non-hydrogen) atoms. The van der Waals surface area contributed by atoms with Crippen molar-refractivity contribution >= 4 is 6.09 Å². The van der Waals surface area contributed by atoms with Gasteiger partial charge in [0.2, 0.25) is 0 Å². The number of amides is 1. The van der Waals surface area contributed by atoms with Crippen LogP contribution in [0.1, 0.15) is 16.7 Å². The summed E-state index contributed by atoms with van der Waals surface area (Å²) in [7, 11) is 0. The Labute approximate surface area is 188 Å². The zero-order valence-electron chi connectivity index (χ0n) is 17.8. The molecule has 164 valence electrons. The van der Waals surface area contributed by atoms with Crippen LogP contribution in [0.15, 0.2) is 103 Å². The van der Waals surface area contributed by atoms with Crippen molar-refractivity contribution in [3.05, 3.63) is 120 Å². The summed E-state index contributed by atoms with van der Waals surface area (Å²) in [6.07, 6.45) is 2.73. The second-order valence-corrected chi connectivity index (χ2v) is 7.64. The predicted octanol–water partition coefficient (Wildman–Crippen LogP) is 5.02. The summed E-state index contributed by atoms with van der Waals surface area (Å²) in [6, 6.07) is 29.2. The zero-order chi connectivity index (χ0) is 22.0. The van der Waals surface area contributed by atoms with Crippen LogP contribution in [0.5, 0.6) is 0 Å². The van der Waals surface area contributed by atoms with Crippen molar-refractivity contribution in [2.45, 2.75) is 38.1 Å². The number of ether oxygens (including phenoxy) is 3. The molecular weight excluding hydrogens is 402 g/mol. The maximum atomic E-state index is 12.4. The molecule has 0 aromatic heterocycles. The third kappa shape index (κ3) is 6.30. The van der Waals surface area contributed by atoms with Gasteiger partial charge in [0.25, 0.3) is 0 Å². The molecular formula is C27H27NO4. The normalized spacial score (nSPS) is 19.6. The van der Waals surface area contributed by atoms with Crippen LogP contribution in [0, 0.1) is 0 Å². The molecule has 4 rings (SSSR count). The van der Waals surface area contributed by atoms with E-state index in [0.717, 1.165) is 16.7 Å². The Morgan fingerprint density at radius 1 is 0.656 bits per heavy atom. The molecule has 0 spiro atoms. The molecule has 0 unspecified atom stereocenters. The molecule has 5 heteroatoms. The van der Waals surface area contributed by atoms with Crippen molar-refractivity contribution in [2.75, 3.05) is 0 Å². The first-order valence-electron chi connectivity index (χ1n) is 10.7. The van der Waals surface area contributed by atoms with Gasteiger partial charge in [-0.25, -0.2) is 4.79 Å². The Morgan fingerprint density at radius 2 is 1.16 bits per heavy atom. The molecule has 0 fully saturated rings. The number of nitrogens with one attached hydrogen (secondary N) is 1. The predicted molar refractivity (Wildman–Crippen MR) is 123 cm³/mol. The molecule has 3 atom stereocenters. The van der Waals surface area contributed by atoms with Gasteiger partial charge in [-0.15, -0.1) is 0 Å². The van der Waals surface area contributed by atoms with Gasteiger partial charge in [0.1, 0.15) is 18.8 Å². The quantitative estimate of drug-likeness (QED) is 0.485. The lowest BCUT2D eigenvalue weighted by molar-refractivity contribution is -0.0653. The van der Waals surface area contributed by atoms with Crippen LogP contribution in [0.2, 0.25) is 0 Å². The lowest BCUT2D eigenvalue weighted by Gasteiger charge is -2.26. The van der Waals surface area contributed by atoms with Gasteiger partial charge in [-0.05, 0) is 16.7 Å². The van der Waals surface area contributed by atoms with E-state index in [1.54, 1.807) is 0 Å². The number of benzene rings is 3. The molecule has 0 bridgehead atoms. The highest BCUT2D eigenvalue weighted by atomic mass is 16.6. The standard InChI is InChI=1S/C27H27NO4/c29-27(32-20-23-14-8-3-9-15-23)28-24-16-17-25(30-18-21-10-4-1-5-11-21)26(24)31-19-22-12-6-2-7-13-22/h1-17,24-26H,18-20H2,(H,28,29)/t24-,25+,26-/m0/s1. The van der Waals surface area contributed by atoms with Crippen molar-refractivity contribution in [2.24, 2.45) is 0 Å². The third-order valence-corrected chi connectivity index (χ3v) is 5.25. The van der Waals surface area contributed by atoms with Crippen LogP contribution < -0.4 is 5.32 Å². The van der Waals surface area contributed by atoms with Crippen molar-refractivity contribution in [1.82, 2.24) is 5.32 Å². The van der Waals surface area contributed by atoms with Crippen LogP contribution in [-0.4, -0.2) is 24.3 Å². The van der Waals surface area contributed by atoms with Crippen molar-refractivity contribution in [3.8, 4) is 0 Å². The largest absolute Gasteiger partial charge is 0.445 e. The minimum atomic E-state index is -0.486. The first-order chi connectivity index (χ1) is 15.8. The highest BCUT2D eigenvalue weighted by Crippen LogP contribution is 2.22. The Kier molecular flexibility index (Phi) is 7.69. The van der Waals surface area contributed by atoms with Gasteiger partial charge in [0, 0.05) is 0 Å². The number of carbonyl (C=O) groups excluding carboxylic acids is 1. The van der Waals surface area contributed by atoms with Gasteiger partial charge < -0.3 is 19.5 Å². The SMILES string of the molecule is O=C(N[C@H]1C=C[C@@H](OCc2ccccc2)[C@H]1OCc1ccccc1)OCc1ccccc1. The van der Waals surface area contributed by atoms with Crippen LogP contribution in [0.4, 0.5) is 4.79 Å². The fraction of sp³-hybridized carbons (Fsp3) is 0.222. The van der Waals surface area contributed by atoms with E-state index in [0.29, 0.717) is 13.2 Å². The summed E-state index contributed by atoms with van der Waals surface area (Å²) in [5, 5.41) is 2.91. The summed E-state index contributed by atoms with van der Waals surface area (Å²) in [5.74, 6) is 0. The number of hydrogen-bond acceptors (Lipinski definition) is 4. The van der Waals surface area contributed by atoms with Crippen LogP contribution in [0.3, 0.4) is 0 Å². The molecule has 0 aliphatic heterocycles. The van der Waals surface area contributed by atoms with E-state index in [-0.39, 0.29) is 24.9 Å². The number of carbonyl (C=O) groups is 1. The Bertz CT molecular complexity index is 992. The summed E-state index contributed by atoms with van der Waals surface area (Å²) < 4.78 is 17.7. The Balaban J connectivity index is 1.36. The van der Waals surface area contributed by atoms with Gasteiger partial charge in [-0.2, -0.15) is 0 Å². The van der Waals surface area contributed by atoms with E-state index in [9.17, 15) is 4.79 Å². The molecule has 0 saturated carbocycles. The highest BCUT2D eigenvalue weighted by Gasteiger charge is 2.35. The number of alkyl carbamates (subject to hydrolysis) is 1. The van der Waals surface area contributed by atoms with Crippen molar-refractivity contribution in [3.63, 3.8) is 0 Å². The second kappa shape index (κ2) is 11.3. The van der Waals surface area contributed by atoms with E-state index < -0.39 is 6.09 Å². The van der Waals surface area contributed by atoms with Crippen LogP contribution in [0.25, 0.3) is 0 Å². The summed E-state index contributed by atoms with van der Waals surface area (Å²) >= 11 is 0. The van der Waals surface area contributed by atoms with Gasteiger partial charge in [-0.1, -0.05) is 103 Å². The van der Waals surface area contributed by atoms with Crippen molar-refractivity contribution in [1.29, 1.82) is 0 Å². The third-order valence-electron chi connectivity index (χ3n) is 5.25. The van der Waals surface area contributed by atoms with Gasteiger partial charge in [0.15, 0.2) is 0 Å². The van der Waals surface area contributed by atoms with Gasteiger partial charge in [-0.3, -0.25) is 0 Å². The molecule has 1 N–H and O–H groups in total. The molecule has 3 aromatic rings. The second-order valence-electron chi connectivity index (χ2n) is 7.64. The van der Waals surface area contributed by atoms with Crippen LogP contribution in [-0.2, 0) is 34.0 Å². The summed E-state index contributed by atoms with van der Waals surface area (Å²) in [5.41, 5.74) is 3.08. The van der Waals surface area contributed by atoms with E-state index >= 15 is 0 Å². The minimum Gasteiger partial charge on any atom is -0.445 e. The number of hydrogen-bond donors (Lipinski definition) is 1. The smallest absolute Gasteiger partial charge is 0.408 e. The van der Waals surface area contributed by atoms with Crippen LogP contribution >= 0.6 is 0 Å². The maximum absolute atomic E-state index is 12.4. The highest BCUT2D eigenvalue weighted by molar-refractivity contribution is 5.68. The molecule has 1 aliphatic carbocycles. The first-order valence-corrected chi connectivity index (χ1v) is 10.7.